The fourth-order valence-corrected chi connectivity index (χ4v) is 3.26. The number of methoxy groups -OCH3 is 1. The van der Waals surface area contributed by atoms with Gasteiger partial charge in [0.25, 0.3) is 0 Å². The highest BCUT2D eigenvalue weighted by atomic mass is 32.2. The molecular weight excluding hydrogens is 300 g/mol. The highest BCUT2D eigenvalue weighted by Gasteiger charge is 2.31. The molecule has 2 N–H and O–H groups in total. The van der Waals surface area contributed by atoms with E-state index in [1.54, 1.807) is 0 Å². The summed E-state index contributed by atoms with van der Waals surface area (Å²) in [6.45, 7) is 2.86. The van der Waals surface area contributed by atoms with Crippen LogP contribution >= 0.6 is 0 Å². The van der Waals surface area contributed by atoms with E-state index in [2.05, 4.69) is 24.6 Å². The number of H-pyrrole nitrogens is 1. The Balaban J connectivity index is 2.37. The molecule has 2 aromatic rings. The third-order valence-electron chi connectivity index (χ3n) is 2.76. The maximum atomic E-state index is 12.4. The van der Waals surface area contributed by atoms with Gasteiger partial charge in [-0.3, -0.25) is 5.10 Å². The van der Waals surface area contributed by atoms with E-state index in [0.717, 1.165) is 0 Å². The van der Waals surface area contributed by atoms with Crippen LogP contribution in [0.15, 0.2) is 15.6 Å². The molecule has 0 radical (unpaired) electrons. The van der Waals surface area contributed by atoms with Gasteiger partial charge in [-0.05, 0) is 13.8 Å². The molecule has 21 heavy (non-hydrogen) atoms. The van der Waals surface area contributed by atoms with Crippen molar-refractivity contribution in [3.8, 4) is 0 Å². The van der Waals surface area contributed by atoms with Crippen molar-refractivity contribution in [1.29, 1.82) is 0 Å². The molecule has 114 valence electrons. The second kappa shape index (κ2) is 5.66. The van der Waals surface area contributed by atoms with Crippen LogP contribution in [0.5, 0.6) is 0 Å². The summed E-state index contributed by atoms with van der Waals surface area (Å²) in [4.78, 5) is 15.3. The molecule has 0 atom stereocenters. The van der Waals surface area contributed by atoms with Gasteiger partial charge in [-0.25, -0.2) is 22.9 Å². The summed E-state index contributed by atoms with van der Waals surface area (Å²) in [6, 6.07) is 0. The summed E-state index contributed by atoms with van der Waals surface area (Å²) >= 11 is 0. The van der Waals surface area contributed by atoms with E-state index in [1.165, 1.54) is 27.3 Å². The number of aromatic nitrogens is 3. The Hall–Kier alpha value is -2.20. The van der Waals surface area contributed by atoms with E-state index >= 15 is 0 Å². The Bertz CT molecular complexity index is 748. The average Bonchev–Trinajstić information content (AvgIpc) is 3.03. The standard InChI is InChI=1S/C11H14N4O5S/c1-6-9(11(16)19-3)10(7(2)20-6)21(17,18)14-4-8-12-5-13-15-8/h5,14H,4H2,1-3H3,(H,12,13,15). The van der Waals surface area contributed by atoms with Crippen LogP contribution in [0.4, 0.5) is 0 Å². The van der Waals surface area contributed by atoms with Gasteiger partial charge in [-0.1, -0.05) is 0 Å². The SMILES string of the molecule is COC(=O)c1c(C)oc(C)c1S(=O)(=O)NCc1ncn[nH]1. The maximum Gasteiger partial charge on any atom is 0.342 e. The van der Waals surface area contributed by atoms with Gasteiger partial charge in [0.1, 0.15) is 34.1 Å². The fraction of sp³-hybridized carbons (Fsp3) is 0.364. The number of rotatable bonds is 5. The molecule has 0 aliphatic rings. The first-order chi connectivity index (χ1) is 9.86. The lowest BCUT2D eigenvalue weighted by Crippen LogP contribution is -2.26. The summed E-state index contributed by atoms with van der Waals surface area (Å²) in [6.07, 6.45) is 1.26. The first kappa shape index (κ1) is 15.2. The first-order valence-electron chi connectivity index (χ1n) is 5.89. The highest BCUT2D eigenvalue weighted by Crippen LogP contribution is 2.27. The fourth-order valence-electron chi connectivity index (χ4n) is 1.88. The number of nitrogens with zero attached hydrogens (tertiary/aromatic N) is 2. The van der Waals surface area contributed by atoms with E-state index in [4.69, 9.17) is 4.42 Å². The van der Waals surface area contributed by atoms with Crippen molar-refractivity contribution >= 4 is 16.0 Å². The number of aryl methyl sites for hydroxylation is 2. The highest BCUT2D eigenvalue weighted by molar-refractivity contribution is 7.89. The molecule has 10 heteroatoms. The summed E-state index contributed by atoms with van der Waals surface area (Å²) in [5.74, 6) is -0.141. The molecule has 0 saturated heterocycles. The molecule has 0 aliphatic heterocycles. The number of hydrogen-bond donors (Lipinski definition) is 2. The predicted molar refractivity (Wildman–Crippen MR) is 69.9 cm³/mol. The van der Waals surface area contributed by atoms with Crippen molar-refractivity contribution < 1.29 is 22.4 Å². The number of ether oxygens (including phenoxy) is 1. The van der Waals surface area contributed by atoms with E-state index in [0.29, 0.717) is 5.82 Å². The van der Waals surface area contributed by atoms with Gasteiger partial charge in [0, 0.05) is 0 Å². The van der Waals surface area contributed by atoms with Gasteiger partial charge in [-0.15, -0.1) is 0 Å². The second-order valence-electron chi connectivity index (χ2n) is 4.17. The van der Waals surface area contributed by atoms with Crippen LogP contribution in [0.3, 0.4) is 0 Å². The molecule has 0 amide bonds. The van der Waals surface area contributed by atoms with Crippen LogP contribution < -0.4 is 4.72 Å². The monoisotopic (exact) mass is 314 g/mol. The molecule has 0 fully saturated rings. The normalized spacial score (nSPS) is 11.6. The number of carbonyl (C=O) groups excluding carboxylic acids is 1. The summed E-state index contributed by atoms with van der Waals surface area (Å²) in [5.41, 5.74) is -0.111. The average molecular weight is 314 g/mol. The third-order valence-corrected chi connectivity index (χ3v) is 4.31. The lowest BCUT2D eigenvalue weighted by molar-refractivity contribution is 0.0595. The summed E-state index contributed by atoms with van der Waals surface area (Å²) in [5, 5.41) is 6.14. The first-order valence-corrected chi connectivity index (χ1v) is 7.37. The molecular formula is C11H14N4O5S. The van der Waals surface area contributed by atoms with Crippen molar-refractivity contribution in [2.75, 3.05) is 7.11 Å². The van der Waals surface area contributed by atoms with Gasteiger partial charge in [-0.2, -0.15) is 5.10 Å². The lowest BCUT2D eigenvalue weighted by Gasteiger charge is -2.06. The summed E-state index contributed by atoms with van der Waals surface area (Å²) < 4.78 is 36.9. The molecule has 0 saturated carbocycles. The van der Waals surface area contributed by atoms with Crippen molar-refractivity contribution in [2.45, 2.75) is 25.3 Å². The van der Waals surface area contributed by atoms with Gasteiger partial charge in [0.2, 0.25) is 10.0 Å². The number of aromatic amines is 1. The second-order valence-corrected chi connectivity index (χ2v) is 5.87. The lowest BCUT2D eigenvalue weighted by atomic mass is 10.2. The molecule has 2 aromatic heterocycles. The molecule has 0 aliphatic carbocycles. The molecule has 0 aromatic carbocycles. The van der Waals surface area contributed by atoms with Crippen molar-refractivity contribution in [3.05, 3.63) is 29.2 Å². The van der Waals surface area contributed by atoms with E-state index < -0.39 is 16.0 Å². The van der Waals surface area contributed by atoms with Gasteiger partial charge in [0.05, 0.1) is 13.7 Å². The molecule has 2 heterocycles. The minimum absolute atomic E-state index is 0.0907. The Kier molecular flexibility index (Phi) is 4.09. The zero-order valence-electron chi connectivity index (χ0n) is 11.6. The number of nitrogens with one attached hydrogen (secondary N) is 2. The van der Waals surface area contributed by atoms with Crippen molar-refractivity contribution in [1.82, 2.24) is 19.9 Å². The van der Waals surface area contributed by atoms with Gasteiger partial charge >= 0.3 is 5.97 Å². The number of furan rings is 1. The number of esters is 1. The van der Waals surface area contributed by atoms with Gasteiger partial charge < -0.3 is 9.15 Å². The quantitative estimate of drug-likeness (QED) is 0.759. The molecule has 0 spiro atoms. The topological polar surface area (TPSA) is 127 Å². The molecule has 0 bridgehead atoms. The number of sulfonamides is 1. The maximum absolute atomic E-state index is 12.4. The van der Waals surface area contributed by atoms with Crippen molar-refractivity contribution in [2.24, 2.45) is 0 Å². The summed E-state index contributed by atoms with van der Waals surface area (Å²) in [7, 11) is -2.80. The van der Waals surface area contributed by atoms with Crippen LogP contribution in [0.2, 0.25) is 0 Å². The van der Waals surface area contributed by atoms with E-state index in [9.17, 15) is 13.2 Å². The number of carbonyl (C=O) groups is 1. The van der Waals surface area contributed by atoms with Crippen LogP contribution in [0.25, 0.3) is 0 Å². The van der Waals surface area contributed by atoms with Gasteiger partial charge in [0.15, 0.2) is 0 Å². The largest absolute Gasteiger partial charge is 0.465 e. The Labute approximate surface area is 120 Å². The predicted octanol–water partition coefficient (Wildman–Crippen LogP) is 0.280. The minimum Gasteiger partial charge on any atom is -0.465 e. The van der Waals surface area contributed by atoms with E-state index in [-0.39, 0.29) is 28.5 Å². The van der Waals surface area contributed by atoms with Crippen molar-refractivity contribution in [3.63, 3.8) is 0 Å². The third kappa shape index (κ3) is 2.95. The van der Waals surface area contributed by atoms with Crippen LogP contribution in [-0.2, 0) is 21.3 Å². The molecule has 0 unspecified atom stereocenters. The van der Waals surface area contributed by atoms with E-state index in [1.807, 2.05) is 0 Å². The molecule has 2 rings (SSSR count). The van der Waals surface area contributed by atoms with Crippen LogP contribution in [-0.4, -0.2) is 36.7 Å². The Morgan fingerprint density at radius 1 is 1.43 bits per heavy atom. The number of hydrogen-bond acceptors (Lipinski definition) is 7. The van der Waals surface area contributed by atoms with Crippen LogP contribution in [0.1, 0.15) is 27.7 Å². The smallest absolute Gasteiger partial charge is 0.342 e. The zero-order chi connectivity index (χ0) is 15.6. The Morgan fingerprint density at radius 3 is 2.71 bits per heavy atom. The Morgan fingerprint density at radius 2 is 2.14 bits per heavy atom. The minimum atomic E-state index is -3.96. The van der Waals surface area contributed by atoms with Crippen LogP contribution in [0, 0.1) is 13.8 Å². The zero-order valence-corrected chi connectivity index (χ0v) is 12.4. The molecule has 9 nitrogen and oxygen atoms in total.